The highest BCUT2D eigenvalue weighted by molar-refractivity contribution is 7.98. The molecule has 0 bridgehead atoms. The maximum Gasteiger partial charge on any atom is 0.232 e. The first kappa shape index (κ1) is 20.6. The van der Waals surface area contributed by atoms with Gasteiger partial charge < -0.3 is 14.2 Å². The van der Waals surface area contributed by atoms with Crippen LogP contribution in [-0.2, 0) is 5.75 Å². The Bertz CT molecular complexity index is 1200. The standard InChI is InChI=1S/C24H25N5O2S/c1-17-9-11-18(12-10-17)29-23(28-13-5-6-14-28)25-26-24(29)32-16-19-15-21(27-31-19)20-7-3-4-8-22(20)30-2/h3-4,7-12,15H,5-6,13-14,16H2,1-2H3. The summed E-state index contributed by atoms with van der Waals surface area (Å²) in [6.07, 6.45) is 2.38. The quantitative estimate of drug-likeness (QED) is 0.364. The van der Waals surface area contributed by atoms with Crippen molar-refractivity contribution in [1.29, 1.82) is 0 Å². The van der Waals surface area contributed by atoms with E-state index in [0.29, 0.717) is 5.75 Å². The number of hydrogen-bond donors (Lipinski definition) is 0. The lowest BCUT2D eigenvalue weighted by atomic mass is 10.1. The number of hydrogen-bond acceptors (Lipinski definition) is 7. The van der Waals surface area contributed by atoms with E-state index in [9.17, 15) is 0 Å². The first-order valence-electron chi connectivity index (χ1n) is 10.7. The molecule has 5 rings (SSSR count). The molecule has 8 heteroatoms. The Labute approximate surface area is 191 Å². The van der Waals surface area contributed by atoms with E-state index >= 15 is 0 Å². The van der Waals surface area contributed by atoms with Gasteiger partial charge >= 0.3 is 0 Å². The van der Waals surface area contributed by atoms with Crippen LogP contribution in [0.1, 0.15) is 24.2 Å². The van der Waals surface area contributed by atoms with Gasteiger partial charge in [-0.1, -0.05) is 46.7 Å². The molecule has 2 aromatic carbocycles. The van der Waals surface area contributed by atoms with Gasteiger partial charge in [0.1, 0.15) is 17.2 Å². The van der Waals surface area contributed by atoms with Crippen molar-refractivity contribution in [3.05, 3.63) is 65.9 Å². The van der Waals surface area contributed by atoms with Crippen LogP contribution in [0.2, 0.25) is 0 Å². The number of aryl methyl sites for hydroxylation is 1. The number of benzene rings is 2. The van der Waals surface area contributed by atoms with Gasteiger partial charge in [0, 0.05) is 24.7 Å². The van der Waals surface area contributed by atoms with Crippen LogP contribution in [0.4, 0.5) is 5.95 Å². The molecule has 1 fully saturated rings. The molecule has 0 N–H and O–H groups in total. The number of aromatic nitrogens is 4. The number of para-hydroxylation sites is 1. The van der Waals surface area contributed by atoms with Crippen molar-refractivity contribution in [2.45, 2.75) is 30.7 Å². The monoisotopic (exact) mass is 447 g/mol. The lowest BCUT2D eigenvalue weighted by Crippen LogP contribution is -2.22. The molecule has 3 heterocycles. The maximum atomic E-state index is 5.61. The van der Waals surface area contributed by atoms with Crippen molar-refractivity contribution in [2.24, 2.45) is 0 Å². The fourth-order valence-electron chi connectivity index (χ4n) is 3.90. The SMILES string of the molecule is COc1ccccc1-c1cc(CSc2nnc(N3CCCC3)n2-c2ccc(C)cc2)on1. The predicted octanol–water partition coefficient (Wildman–Crippen LogP) is 5.13. The zero-order chi connectivity index (χ0) is 21.9. The van der Waals surface area contributed by atoms with E-state index < -0.39 is 0 Å². The van der Waals surface area contributed by atoms with Crippen molar-refractivity contribution in [3.8, 4) is 22.7 Å². The lowest BCUT2D eigenvalue weighted by Gasteiger charge is -2.18. The van der Waals surface area contributed by atoms with Gasteiger partial charge in [0.2, 0.25) is 5.95 Å². The van der Waals surface area contributed by atoms with E-state index in [1.165, 1.54) is 18.4 Å². The van der Waals surface area contributed by atoms with Crippen LogP contribution >= 0.6 is 11.8 Å². The molecule has 0 amide bonds. The van der Waals surface area contributed by atoms with Crippen LogP contribution in [0.5, 0.6) is 5.75 Å². The van der Waals surface area contributed by atoms with E-state index in [0.717, 1.165) is 52.6 Å². The number of nitrogens with zero attached hydrogens (tertiary/aromatic N) is 5. The Kier molecular flexibility index (Phi) is 5.85. The summed E-state index contributed by atoms with van der Waals surface area (Å²) in [4.78, 5) is 2.31. The normalized spacial score (nSPS) is 13.6. The summed E-state index contributed by atoms with van der Waals surface area (Å²) in [7, 11) is 1.66. The highest BCUT2D eigenvalue weighted by Gasteiger charge is 2.23. The van der Waals surface area contributed by atoms with E-state index in [1.807, 2.05) is 30.3 Å². The molecule has 0 saturated carbocycles. The third kappa shape index (κ3) is 4.10. The Morgan fingerprint density at radius 1 is 1.03 bits per heavy atom. The van der Waals surface area contributed by atoms with Gasteiger partial charge in [-0.05, 0) is 44.0 Å². The molecule has 1 aliphatic heterocycles. The Morgan fingerprint density at radius 2 is 1.81 bits per heavy atom. The Morgan fingerprint density at radius 3 is 2.59 bits per heavy atom. The van der Waals surface area contributed by atoms with Crippen molar-refractivity contribution in [1.82, 2.24) is 19.9 Å². The van der Waals surface area contributed by atoms with Crippen molar-refractivity contribution in [2.75, 3.05) is 25.1 Å². The highest BCUT2D eigenvalue weighted by Crippen LogP contribution is 2.33. The Hall–Kier alpha value is -3.26. The van der Waals surface area contributed by atoms with Gasteiger partial charge in [-0.25, -0.2) is 0 Å². The maximum absolute atomic E-state index is 5.61. The average molecular weight is 448 g/mol. The van der Waals surface area contributed by atoms with E-state index in [1.54, 1.807) is 18.9 Å². The molecule has 0 spiro atoms. The van der Waals surface area contributed by atoms with Gasteiger partial charge in [-0.15, -0.1) is 10.2 Å². The zero-order valence-electron chi connectivity index (χ0n) is 18.2. The van der Waals surface area contributed by atoms with Gasteiger partial charge in [0.25, 0.3) is 0 Å². The molecule has 2 aromatic heterocycles. The summed E-state index contributed by atoms with van der Waals surface area (Å²) in [5, 5.41) is 14.1. The molecule has 164 valence electrons. The summed E-state index contributed by atoms with van der Waals surface area (Å²) in [5.74, 6) is 3.05. The first-order chi connectivity index (χ1) is 15.7. The molecular weight excluding hydrogens is 422 g/mol. The summed E-state index contributed by atoms with van der Waals surface area (Å²) in [5.41, 5.74) is 3.96. The summed E-state index contributed by atoms with van der Waals surface area (Å²) >= 11 is 1.59. The first-order valence-corrected chi connectivity index (χ1v) is 11.7. The van der Waals surface area contributed by atoms with Crippen LogP contribution in [0.25, 0.3) is 16.9 Å². The minimum Gasteiger partial charge on any atom is -0.496 e. The number of thioether (sulfide) groups is 1. The minimum atomic E-state index is 0.603. The predicted molar refractivity (Wildman–Crippen MR) is 126 cm³/mol. The molecule has 0 radical (unpaired) electrons. The molecule has 0 aliphatic carbocycles. The smallest absolute Gasteiger partial charge is 0.232 e. The summed E-state index contributed by atoms with van der Waals surface area (Å²) < 4.78 is 13.2. The summed E-state index contributed by atoms with van der Waals surface area (Å²) in [6.45, 7) is 4.12. The summed E-state index contributed by atoms with van der Waals surface area (Å²) in [6, 6.07) is 18.2. The lowest BCUT2D eigenvalue weighted by molar-refractivity contribution is 0.395. The molecule has 1 saturated heterocycles. The molecule has 0 unspecified atom stereocenters. The third-order valence-electron chi connectivity index (χ3n) is 5.58. The second-order valence-electron chi connectivity index (χ2n) is 7.82. The van der Waals surface area contributed by atoms with Crippen molar-refractivity contribution >= 4 is 17.7 Å². The zero-order valence-corrected chi connectivity index (χ0v) is 19.0. The third-order valence-corrected chi connectivity index (χ3v) is 6.53. The van der Waals surface area contributed by atoms with E-state index in [4.69, 9.17) is 9.26 Å². The van der Waals surface area contributed by atoms with Crippen LogP contribution in [0.15, 0.2) is 64.3 Å². The highest BCUT2D eigenvalue weighted by atomic mass is 32.2. The van der Waals surface area contributed by atoms with Gasteiger partial charge in [-0.2, -0.15) is 0 Å². The van der Waals surface area contributed by atoms with Crippen LogP contribution in [0.3, 0.4) is 0 Å². The largest absolute Gasteiger partial charge is 0.496 e. The second kappa shape index (κ2) is 9.08. The van der Waals surface area contributed by atoms with Crippen LogP contribution in [0, 0.1) is 6.92 Å². The van der Waals surface area contributed by atoms with Crippen LogP contribution in [-0.4, -0.2) is 40.1 Å². The van der Waals surface area contributed by atoms with Crippen molar-refractivity contribution < 1.29 is 9.26 Å². The fraction of sp³-hybridized carbons (Fsp3) is 0.292. The van der Waals surface area contributed by atoms with Gasteiger partial charge in [0.05, 0.1) is 18.6 Å². The molecule has 32 heavy (non-hydrogen) atoms. The average Bonchev–Trinajstić information content (AvgIpc) is 3.59. The van der Waals surface area contributed by atoms with E-state index in [2.05, 4.69) is 56.0 Å². The molecule has 4 aromatic rings. The Balaban J connectivity index is 1.40. The molecule has 1 aliphatic rings. The number of methoxy groups -OCH3 is 1. The van der Waals surface area contributed by atoms with Gasteiger partial charge in [0.15, 0.2) is 5.16 Å². The molecular formula is C24H25N5O2S. The topological polar surface area (TPSA) is 69.2 Å². The number of rotatable bonds is 7. The van der Waals surface area contributed by atoms with Crippen molar-refractivity contribution in [3.63, 3.8) is 0 Å². The fourth-order valence-corrected chi connectivity index (χ4v) is 4.72. The van der Waals surface area contributed by atoms with Gasteiger partial charge in [-0.3, -0.25) is 4.57 Å². The van der Waals surface area contributed by atoms with Crippen LogP contribution < -0.4 is 9.64 Å². The number of anilines is 1. The molecule has 7 nitrogen and oxygen atoms in total. The minimum absolute atomic E-state index is 0.603. The second-order valence-corrected chi connectivity index (χ2v) is 8.76. The molecule has 0 atom stereocenters. The van der Waals surface area contributed by atoms with E-state index in [-0.39, 0.29) is 0 Å². The number of ether oxygens (including phenoxy) is 1.